The molecule has 0 aliphatic rings. The fourth-order valence-corrected chi connectivity index (χ4v) is 3.02. The molecule has 0 aromatic carbocycles. The second-order valence-electron chi connectivity index (χ2n) is 8.87. The van der Waals surface area contributed by atoms with Crippen molar-refractivity contribution in [2.75, 3.05) is 26.4 Å². The second-order valence-corrected chi connectivity index (χ2v) is 8.87. The van der Waals surface area contributed by atoms with Gasteiger partial charge in [0.2, 0.25) is 0 Å². The van der Waals surface area contributed by atoms with Gasteiger partial charge in [0.25, 0.3) is 0 Å². The molecular weight excluding hydrogens is 380 g/mol. The van der Waals surface area contributed by atoms with Gasteiger partial charge in [-0.05, 0) is 19.8 Å². The minimum absolute atomic E-state index is 0.115. The van der Waals surface area contributed by atoms with Crippen LogP contribution >= 0.6 is 0 Å². The van der Waals surface area contributed by atoms with Crippen molar-refractivity contribution in [2.24, 2.45) is 5.41 Å². The fourth-order valence-electron chi connectivity index (χ4n) is 3.02. The lowest BCUT2D eigenvalue weighted by molar-refractivity contribution is -0.161. The topological polar surface area (TPSA) is 65.0 Å². The second kappa shape index (κ2) is 20.3. The Morgan fingerprint density at radius 2 is 1.33 bits per heavy atom. The highest BCUT2D eigenvalue weighted by molar-refractivity contribution is 5.69. The molecule has 0 spiro atoms. The number of rotatable bonds is 22. The predicted molar refractivity (Wildman–Crippen MR) is 123 cm³/mol. The Morgan fingerprint density at radius 3 is 1.80 bits per heavy atom. The van der Waals surface area contributed by atoms with Crippen LogP contribution in [0.15, 0.2) is 0 Å². The summed E-state index contributed by atoms with van der Waals surface area (Å²) in [5.74, 6) is -0.297. The maximum atomic E-state index is 12.0. The average Bonchev–Trinajstić information content (AvgIpc) is 2.74. The lowest BCUT2D eigenvalue weighted by Crippen LogP contribution is -2.26. The summed E-state index contributed by atoms with van der Waals surface area (Å²) in [5, 5.41) is 9.21. The number of aliphatic hydroxyl groups excluding tert-OH is 1. The summed E-state index contributed by atoms with van der Waals surface area (Å²) in [4.78, 5) is 12.0. The molecule has 1 radical (unpaired) electrons. The van der Waals surface area contributed by atoms with Gasteiger partial charge in [0.05, 0.1) is 19.6 Å². The molecule has 1 unspecified atom stereocenters. The molecule has 5 heteroatoms. The molecule has 0 heterocycles. The largest absolute Gasteiger partial charge is 0.465 e. The molecule has 0 rings (SSSR count). The van der Waals surface area contributed by atoms with Crippen molar-refractivity contribution in [1.29, 1.82) is 0 Å². The van der Waals surface area contributed by atoms with Crippen molar-refractivity contribution >= 4 is 5.97 Å². The lowest BCUT2D eigenvalue weighted by Gasteiger charge is -2.21. The third-order valence-corrected chi connectivity index (χ3v) is 5.15. The number of aliphatic hydroxyl groups is 1. The molecule has 5 nitrogen and oxygen atoms in total. The number of unbranched alkanes of at least 4 members (excludes halogenated alkanes) is 10. The van der Waals surface area contributed by atoms with Crippen LogP contribution in [0.1, 0.15) is 111 Å². The fraction of sp³-hybridized carbons (Fsp3) is 0.920. The molecule has 30 heavy (non-hydrogen) atoms. The predicted octanol–water partition coefficient (Wildman–Crippen LogP) is 6.22. The zero-order valence-corrected chi connectivity index (χ0v) is 20.1. The Hall–Kier alpha value is -0.650. The van der Waals surface area contributed by atoms with E-state index >= 15 is 0 Å². The van der Waals surface area contributed by atoms with Gasteiger partial charge in [-0.25, -0.2) is 0 Å². The third kappa shape index (κ3) is 19.3. The molecule has 0 aromatic heterocycles. The number of hydrogen-bond donors (Lipinski definition) is 1. The average molecular weight is 430 g/mol. The van der Waals surface area contributed by atoms with Crippen molar-refractivity contribution in [3.05, 3.63) is 6.92 Å². The van der Waals surface area contributed by atoms with Crippen LogP contribution in [-0.4, -0.2) is 43.8 Å². The normalized spacial score (nSPS) is 11.9. The van der Waals surface area contributed by atoms with Crippen LogP contribution in [0.25, 0.3) is 0 Å². The summed E-state index contributed by atoms with van der Waals surface area (Å²) in [7, 11) is 0. The number of ether oxygens (including phenoxy) is 3. The molecule has 0 bridgehead atoms. The summed E-state index contributed by atoms with van der Waals surface area (Å²) < 4.78 is 17.1. The highest BCUT2D eigenvalue weighted by Gasteiger charge is 2.20. The molecule has 0 aliphatic heterocycles. The third-order valence-electron chi connectivity index (χ3n) is 5.15. The van der Waals surface area contributed by atoms with Gasteiger partial charge in [-0.2, -0.15) is 0 Å². The van der Waals surface area contributed by atoms with E-state index in [1.807, 2.05) is 0 Å². The number of hydrogen-bond acceptors (Lipinski definition) is 5. The molecule has 0 saturated heterocycles. The van der Waals surface area contributed by atoms with Crippen LogP contribution in [0.5, 0.6) is 0 Å². The van der Waals surface area contributed by atoms with Gasteiger partial charge in [0.1, 0.15) is 0 Å². The van der Waals surface area contributed by atoms with E-state index in [0.717, 1.165) is 12.8 Å². The molecule has 0 aromatic rings. The quantitative estimate of drug-likeness (QED) is 0.126. The van der Waals surface area contributed by atoms with Crippen LogP contribution in [0, 0.1) is 12.3 Å². The lowest BCUT2D eigenvalue weighted by atomic mass is 9.97. The molecule has 0 aliphatic carbocycles. The van der Waals surface area contributed by atoms with Crippen LogP contribution < -0.4 is 0 Å². The zero-order chi connectivity index (χ0) is 22.5. The first-order chi connectivity index (χ1) is 14.4. The van der Waals surface area contributed by atoms with Crippen LogP contribution in [-0.2, 0) is 19.0 Å². The van der Waals surface area contributed by atoms with Gasteiger partial charge in [-0.3, -0.25) is 4.79 Å². The number of carbonyl (C=O) groups excluding carboxylic acids is 1. The first-order valence-electron chi connectivity index (χ1n) is 12.3. The highest BCUT2D eigenvalue weighted by Crippen LogP contribution is 2.15. The van der Waals surface area contributed by atoms with Gasteiger partial charge in [0.15, 0.2) is 6.29 Å². The van der Waals surface area contributed by atoms with E-state index in [9.17, 15) is 9.90 Å². The van der Waals surface area contributed by atoms with Gasteiger partial charge in [-0.1, -0.05) is 85.0 Å². The summed E-state index contributed by atoms with van der Waals surface area (Å²) in [6.07, 6.45) is 15.0. The van der Waals surface area contributed by atoms with E-state index < -0.39 is 5.41 Å². The maximum Gasteiger partial charge on any atom is 0.305 e. The summed E-state index contributed by atoms with van der Waals surface area (Å²) in [5.41, 5.74) is -0.655. The van der Waals surface area contributed by atoms with Crippen LogP contribution in [0.4, 0.5) is 0 Å². The Bertz CT molecular complexity index is 366. The van der Waals surface area contributed by atoms with E-state index in [0.29, 0.717) is 19.6 Å². The van der Waals surface area contributed by atoms with Crippen molar-refractivity contribution in [2.45, 2.75) is 117 Å². The van der Waals surface area contributed by atoms with Crippen molar-refractivity contribution in [1.82, 2.24) is 0 Å². The minimum atomic E-state index is -0.655. The van der Waals surface area contributed by atoms with Crippen molar-refractivity contribution in [3.63, 3.8) is 0 Å². The van der Waals surface area contributed by atoms with Crippen LogP contribution in [0.3, 0.4) is 0 Å². The Morgan fingerprint density at radius 1 is 0.867 bits per heavy atom. The van der Waals surface area contributed by atoms with Crippen molar-refractivity contribution < 1.29 is 24.1 Å². The zero-order valence-electron chi connectivity index (χ0n) is 20.1. The Balaban J connectivity index is 4.13. The SMILES string of the molecule is [CH2]C(C)(CO)COC(=O)CCC(OCCCCCCCC)OCCCCCCCC. The summed E-state index contributed by atoms with van der Waals surface area (Å²) in [6, 6.07) is 0. The van der Waals surface area contributed by atoms with Gasteiger partial charge < -0.3 is 19.3 Å². The van der Waals surface area contributed by atoms with Gasteiger partial charge in [-0.15, -0.1) is 0 Å². The van der Waals surface area contributed by atoms with E-state index in [2.05, 4.69) is 20.8 Å². The number of esters is 1. The highest BCUT2D eigenvalue weighted by atomic mass is 16.7. The molecule has 1 N–H and O–H groups in total. The first-order valence-corrected chi connectivity index (χ1v) is 12.3. The molecule has 0 amide bonds. The van der Waals surface area contributed by atoms with Crippen LogP contribution in [0.2, 0.25) is 0 Å². The minimum Gasteiger partial charge on any atom is -0.465 e. The number of carbonyl (C=O) groups is 1. The van der Waals surface area contributed by atoms with Gasteiger partial charge >= 0.3 is 5.97 Å². The summed E-state index contributed by atoms with van der Waals surface area (Å²) >= 11 is 0. The molecule has 0 fully saturated rings. The molecule has 0 saturated carbocycles. The van der Waals surface area contributed by atoms with E-state index in [1.165, 1.54) is 64.2 Å². The Labute approximate surface area is 186 Å². The van der Waals surface area contributed by atoms with Crippen molar-refractivity contribution in [3.8, 4) is 0 Å². The first kappa shape index (κ1) is 29.4. The summed E-state index contributed by atoms with van der Waals surface area (Å²) in [6.45, 7) is 11.4. The molecule has 179 valence electrons. The van der Waals surface area contributed by atoms with E-state index in [1.54, 1.807) is 6.92 Å². The van der Waals surface area contributed by atoms with Gasteiger partial charge in [0, 0.05) is 25.0 Å². The van der Waals surface area contributed by atoms with E-state index in [4.69, 9.17) is 14.2 Å². The van der Waals surface area contributed by atoms with E-state index in [-0.39, 0.29) is 31.9 Å². The molecule has 1 atom stereocenters. The Kier molecular flexibility index (Phi) is 19.8. The molecular formula is C25H49O5. The smallest absolute Gasteiger partial charge is 0.305 e. The maximum absolute atomic E-state index is 12.0. The standard InChI is InChI=1S/C25H49O5/c1-5-7-9-11-13-15-19-28-24(29-20-16-14-12-10-8-6-2)18-17-23(27)30-22-25(3,4)21-26/h24,26H,3,5-22H2,1-2,4H3. The monoisotopic (exact) mass is 429 g/mol.